The van der Waals surface area contributed by atoms with Crippen LogP contribution in [0.25, 0.3) is 0 Å². The molecule has 0 bridgehead atoms. The van der Waals surface area contributed by atoms with E-state index in [9.17, 15) is 0 Å². The highest BCUT2D eigenvalue weighted by molar-refractivity contribution is 14.0. The highest BCUT2D eigenvalue weighted by atomic mass is 127. The van der Waals surface area contributed by atoms with Crippen LogP contribution in [-0.4, -0.2) is 68.0 Å². The summed E-state index contributed by atoms with van der Waals surface area (Å²) in [5.74, 6) is 1.07. The zero-order chi connectivity index (χ0) is 15.4. The van der Waals surface area contributed by atoms with Gasteiger partial charge in [0, 0.05) is 57.8 Å². The van der Waals surface area contributed by atoms with E-state index in [4.69, 9.17) is 0 Å². The van der Waals surface area contributed by atoms with Crippen molar-refractivity contribution >= 4 is 45.9 Å². The molecule has 1 aliphatic rings. The van der Waals surface area contributed by atoms with E-state index in [0.717, 1.165) is 36.6 Å². The maximum absolute atomic E-state index is 4.39. The van der Waals surface area contributed by atoms with E-state index in [2.05, 4.69) is 80.9 Å². The van der Waals surface area contributed by atoms with Crippen molar-refractivity contribution in [3.05, 3.63) is 34.3 Å². The second-order valence-electron chi connectivity index (χ2n) is 5.67. The summed E-state index contributed by atoms with van der Waals surface area (Å²) in [4.78, 5) is 11.4. The monoisotopic (exact) mass is 480 g/mol. The molecule has 0 radical (unpaired) electrons. The zero-order valence-electron chi connectivity index (χ0n) is 13.8. The molecule has 1 aliphatic heterocycles. The number of piperazine rings is 1. The van der Waals surface area contributed by atoms with E-state index >= 15 is 0 Å². The molecule has 0 saturated carbocycles. The average molecular weight is 481 g/mol. The second-order valence-corrected chi connectivity index (χ2v) is 6.58. The normalized spacial score (nSPS) is 17.9. The van der Waals surface area contributed by atoms with Gasteiger partial charge in [0.1, 0.15) is 0 Å². The predicted molar refractivity (Wildman–Crippen MR) is 108 cm³/mol. The third kappa shape index (κ3) is 4.83. The van der Waals surface area contributed by atoms with Crippen molar-refractivity contribution in [2.75, 3.05) is 47.3 Å². The van der Waals surface area contributed by atoms with E-state index < -0.39 is 0 Å². The number of nitrogens with zero attached hydrogens (tertiary/aromatic N) is 4. The van der Waals surface area contributed by atoms with Gasteiger partial charge in [-0.1, -0.05) is 28.1 Å². The molecule has 0 amide bonds. The van der Waals surface area contributed by atoms with Crippen LogP contribution in [-0.2, 0) is 0 Å². The molecule has 1 heterocycles. The number of halogens is 2. The summed E-state index contributed by atoms with van der Waals surface area (Å²) in [5.41, 5.74) is 1.38. The maximum Gasteiger partial charge on any atom is 0.195 e. The fourth-order valence-corrected chi connectivity index (χ4v) is 3.15. The fourth-order valence-electron chi connectivity index (χ4n) is 2.89. The summed E-state index contributed by atoms with van der Waals surface area (Å²) in [7, 11) is 5.98. The quantitative estimate of drug-likeness (QED) is 0.368. The van der Waals surface area contributed by atoms with E-state index in [1.165, 1.54) is 5.56 Å². The molecular weight excluding hydrogens is 455 g/mol. The van der Waals surface area contributed by atoms with Gasteiger partial charge in [-0.3, -0.25) is 9.89 Å². The summed E-state index contributed by atoms with van der Waals surface area (Å²) in [6.45, 7) is 6.51. The topological polar surface area (TPSA) is 22.1 Å². The number of aliphatic imine (C=N–C) groups is 1. The molecule has 0 spiro atoms. The van der Waals surface area contributed by atoms with Gasteiger partial charge in [-0.15, -0.1) is 24.0 Å². The molecule has 1 fully saturated rings. The zero-order valence-corrected chi connectivity index (χ0v) is 17.7. The Bertz CT molecular complexity index is 481. The minimum absolute atomic E-state index is 0. The molecule has 4 nitrogen and oxygen atoms in total. The van der Waals surface area contributed by atoms with Crippen molar-refractivity contribution in [2.24, 2.45) is 4.99 Å². The SMILES string of the molecule is CN=C(N(C)C)N1CCN(C(C)c2ccc(Br)cc2)CC1.I. The molecule has 0 aromatic heterocycles. The highest BCUT2D eigenvalue weighted by Gasteiger charge is 2.24. The van der Waals surface area contributed by atoms with Crippen LogP contribution in [0.1, 0.15) is 18.5 Å². The minimum Gasteiger partial charge on any atom is -0.349 e. The van der Waals surface area contributed by atoms with Crippen LogP contribution in [0.2, 0.25) is 0 Å². The predicted octanol–water partition coefficient (Wildman–Crippen LogP) is 3.29. The van der Waals surface area contributed by atoms with Gasteiger partial charge in [-0.25, -0.2) is 0 Å². The molecule has 22 heavy (non-hydrogen) atoms. The van der Waals surface area contributed by atoms with Gasteiger partial charge in [0.15, 0.2) is 5.96 Å². The van der Waals surface area contributed by atoms with Crippen LogP contribution >= 0.6 is 39.9 Å². The third-order valence-corrected chi connectivity index (χ3v) is 4.63. The Morgan fingerprint density at radius 3 is 2.14 bits per heavy atom. The van der Waals surface area contributed by atoms with E-state index in [-0.39, 0.29) is 24.0 Å². The lowest BCUT2D eigenvalue weighted by Crippen LogP contribution is -2.52. The molecule has 1 saturated heterocycles. The summed E-state index contributed by atoms with van der Waals surface area (Å²) in [6.07, 6.45) is 0. The van der Waals surface area contributed by atoms with Gasteiger partial charge < -0.3 is 9.80 Å². The van der Waals surface area contributed by atoms with Crippen LogP contribution in [0.4, 0.5) is 0 Å². The molecule has 1 aromatic rings. The Labute approximate surface area is 159 Å². The lowest BCUT2D eigenvalue weighted by atomic mass is 10.1. The van der Waals surface area contributed by atoms with Crippen molar-refractivity contribution in [1.82, 2.24) is 14.7 Å². The summed E-state index contributed by atoms with van der Waals surface area (Å²) in [5, 5.41) is 0. The number of hydrogen-bond donors (Lipinski definition) is 0. The molecule has 0 aliphatic carbocycles. The number of benzene rings is 1. The first-order chi connectivity index (χ1) is 10.0. The third-order valence-electron chi connectivity index (χ3n) is 4.10. The summed E-state index contributed by atoms with van der Waals surface area (Å²) >= 11 is 3.50. The average Bonchev–Trinajstić information content (AvgIpc) is 2.48. The Morgan fingerprint density at radius 2 is 1.68 bits per heavy atom. The standard InChI is InChI=1S/C16H25BrN4.HI/c1-13(14-5-7-15(17)8-6-14)20-9-11-21(12-10-20)16(18-2)19(3)4;/h5-8,13H,9-12H2,1-4H3;1H. The van der Waals surface area contributed by atoms with Crippen LogP contribution in [0, 0.1) is 0 Å². The van der Waals surface area contributed by atoms with Gasteiger partial charge in [0.25, 0.3) is 0 Å². The first-order valence-corrected chi connectivity index (χ1v) is 8.20. The van der Waals surface area contributed by atoms with Crippen LogP contribution in [0.3, 0.4) is 0 Å². The van der Waals surface area contributed by atoms with Crippen molar-refractivity contribution in [2.45, 2.75) is 13.0 Å². The Kier molecular flexibility index (Phi) is 8.13. The molecule has 6 heteroatoms. The number of guanidine groups is 1. The molecule has 1 aromatic carbocycles. The van der Waals surface area contributed by atoms with Crippen molar-refractivity contribution in [3.8, 4) is 0 Å². The lowest BCUT2D eigenvalue weighted by molar-refractivity contribution is 0.134. The maximum atomic E-state index is 4.39. The van der Waals surface area contributed by atoms with Crippen LogP contribution < -0.4 is 0 Å². The molecule has 2 rings (SSSR count). The van der Waals surface area contributed by atoms with Crippen molar-refractivity contribution < 1.29 is 0 Å². The largest absolute Gasteiger partial charge is 0.349 e. The van der Waals surface area contributed by atoms with E-state index in [0.29, 0.717) is 6.04 Å². The van der Waals surface area contributed by atoms with Gasteiger partial charge >= 0.3 is 0 Å². The Morgan fingerprint density at radius 1 is 1.14 bits per heavy atom. The Balaban J connectivity index is 0.00000242. The van der Waals surface area contributed by atoms with Gasteiger partial charge in [0.2, 0.25) is 0 Å². The van der Waals surface area contributed by atoms with Crippen LogP contribution in [0.5, 0.6) is 0 Å². The molecule has 0 N–H and O–H groups in total. The Hall–Kier alpha value is -0.340. The van der Waals surface area contributed by atoms with Crippen molar-refractivity contribution in [1.29, 1.82) is 0 Å². The van der Waals surface area contributed by atoms with E-state index in [1.54, 1.807) is 0 Å². The first kappa shape index (κ1) is 19.7. The van der Waals surface area contributed by atoms with Gasteiger partial charge in [-0.2, -0.15) is 0 Å². The molecule has 1 atom stereocenters. The van der Waals surface area contributed by atoms with Crippen molar-refractivity contribution in [3.63, 3.8) is 0 Å². The number of rotatable bonds is 2. The lowest BCUT2D eigenvalue weighted by Gasteiger charge is -2.40. The molecule has 1 unspecified atom stereocenters. The summed E-state index contributed by atoms with van der Waals surface area (Å²) in [6, 6.07) is 9.12. The van der Waals surface area contributed by atoms with Gasteiger partial charge in [-0.05, 0) is 24.6 Å². The first-order valence-electron chi connectivity index (χ1n) is 7.41. The van der Waals surface area contributed by atoms with E-state index in [1.807, 2.05) is 7.05 Å². The molecule has 124 valence electrons. The number of hydrogen-bond acceptors (Lipinski definition) is 2. The summed E-state index contributed by atoms with van der Waals surface area (Å²) < 4.78 is 1.14. The second kappa shape index (κ2) is 9.08. The minimum atomic E-state index is 0. The van der Waals surface area contributed by atoms with Gasteiger partial charge in [0.05, 0.1) is 0 Å². The smallest absolute Gasteiger partial charge is 0.195 e. The van der Waals surface area contributed by atoms with Crippen LogP contribution in [0.15, 0.2) is 33.7 Å². The highest BCUT2D eigenvalue weighted by Crippen LogP contribution is 2.23. The molecular formula is C16H26BrIN4. The fraction of sp³-hybridized carbons (Fsp3) is 0.562.